The van der Waals surface area contributed by atoms with Crippen LogP contribution in [0, 0.1) is 6.92 Å². The van der Waals surface area contributed by atoms with Crippen molar-refractivity contribution in [3.8, 4) is 0 Å². The fraction of sp³-hybridized carbons (Fsp3) is 0.294. The first-order valence-corrected chi connectivity index (χ1v) is 10.1. The van der Waals surface area contributed by atoms with Gasteiger partial charge in [0.05, 0.1) is 10.5 Å². The van der Waals surface area contributed by atoms with Crippen molar-refractivity contribution < 1.29 is 22.7 Å². The topological polar surface area (TPSA) is 92.8 Å². The Hall–Kier alpha value is -2.23. The summed E-state index contributed by atoms with van der Waals surface area (Å²) in [6.45, 7) is 3.19. The van der Waals surface area contributed by atoms with Gasteiger partial charge in [0.1, 0.15) is 0 Å². The molecule has 7 nitrogen and oxygen atoms in total. The number of rotatable bonds is 6. The van der Waals surface area contributed by atoms with E-state index in [4.69, 9.17) is 4.74 Å². The summed E-state index contributed by atoms with van der Waals surface area (Å²) >= 11 is 1.35. The Morgan fingerprint density at radius 2 is 1.92 bits per heavy atom. The van der Waals surface area contributed by atoms with E-state index in [1.54, 1.807) is 29.8 Å². The minimum absolute atomic E-state index is 0.0614. The third kappa shape index (κ3) is 4.48. The van der Waals surface area contributed by atoms with Gasteiger partial charge in [-0.15, -0.1) is 0 Å². The Bertz CT molecular complexity index is 905. The molecule has 0 saturated carbocycles. The molecule has 9 heteroatoms. The van der Waals surface area contributed by atoms with Crippen molar-refractivity contribution in [2.45, 2.75) is 24.8 Å². The number of hydrogen-bond acceptors (Lipinski definition) is 6. The number of ether oxygens (including phenoxy) is 1. The molecule has 0 radical (unpaired) electrons. The van der Waals surface area contributed by atoms with Gasteiger partial charge in [0.2, 0.25) is 10.0 Å². The molecule has 0 aliphatic rings. The van der Waals surface area contributed by atoms with E-state index < -0.39 is 28.0 Å². The summed E-state index contributed by atoms with van der Waals surface area (Å²) in [6, 6.07) is 6.07. The Kier molecular flexibility index (Phi) is 6.17. The zero-order chi connectivity index (χ0) is 19.5. The average molecular weight is 396 g/mol. The second-order valence-electron chi connectivity index (χ2n) is 5.81. The number of carbonyl (C=O) groups excluding carboxylic acids is 2. The number of sulfonamides is 1. The molecule has 1 aromatic heterocycles. The number of aryl methyl sites for hydroxylation is 1. The summed E-state index contributed by atoms with van der Waals surface area (Å²) in [6.07, 6.45) is -1.03. The highest BCUT2D eigenvalue weighted by Crippen LogP contribution is 2.22. The summed E-state index contributed by atoms with van der Waals surface area (Å²) in [4.78, 5) is 24.3. The number of carbonyl (C=O) groups is 2. The van der Waals surface area contributed by atoms with Gasteiger partial charge >= 0.3 is 5.97 Å². The van der Waals surface area contributed by atoms with Crippen LogP contribution in [-0.4, -0.2) is 44.8 Å². The lowest BCUT2D eigenvalue weighted by molar-refractivity contribution is -0.123. The first kappa shape index (κ1) is 20.1. The van der Waals surface area contributed by atoms with Crippen LogP contribution in [0.3, 0.4) is 0 Å². The van der Waals surface area contributed by atoms with Gasteiger partial charge in [0.25, 0.3) is 5.91 Å². The molecule has 1 N–H and O–H groups in total. The van der Waals surface area contributed by atoms with Gasteiger partial charge in [0, 0.05) is 25.2 Å². The van der Waals surface area contributed by atoms with Crippen LogP contribution in [0.25, 0.3) is 0 Å². The van der Waals surface area contributed by atoms with Gasteiger partial charge in [-0.05, 0) is 43.0 Å². The monoisotopic (exact) mass is 396 g/mol. The van der Waals surface area contributed by atoms with Crippen LogP contribution < -0.4 is 5.32 Å². The van der Waals surface area contributed by atoms with Gasteiger partial charge < -0.3 is 10.1 Å². The lowest BCUT2D eigenvalue weighted by Gasteiger charge is -2.16. The summed E-state index contributed by atoms with van der Waals surface area (Å²) in [5, 5.41) is 5.98. The van der Waals surface area contributed by atoms with Crippen molar-refractivity contribution in [3.63, 3.8) is 0 Å². The number of nitrogens with one attached hydrogen (secondary N) is 1. The van der Waals surface area contributed by atoms with E-state index in [-0.39, 0.29) is 4.90 Å². The average Bonchev–Trinajstić information content (AvgIpc) is 3.11. The van der Waals surface area contributed by atoms with Crippen LogP contribution in [0.2, 0.25) is 0 Å². The van der Waals surface area contributed by atoms with Gasteiger partial charge in [-0.1, -0.05) is 6.07 Å². The number of amides is 1. The number of anilines is 1. The van der Waals surface area contributed by atoms with Gasteiger partial charge in [-0.25, -0.2) is 17.5 Å². The molecule has 1 heterocycles. The lowest BCUT2D eigenvalue weighted by Crippen LogP contribution is -2.30. The number of benzene rings is 1. The Labute approximate surface area is 156 Å². The van der Waals surface area contributed by atoms with Crippen LogP contribution in [0.15, 0.2) is 39.9 Å². The van der Waals surface area contributed by atoms with E-state index in [9.17, 15) is 18.0 Å². The maximum Gasteiger partial charge on any atom is 0.339 e. The summed E-state index contributed by atoms with van der Waals surface area (Å²) in [7, 11) is -0.763. The van der Waals surface area contributed by atoms with Crippen LogP contribution in [0.5, 0.6) is 0 Å². The zero-order valence-electron chi connectivity index (χ0n) is 14.8. The van der Waals surface area contributed by atoms with Crippen LogP contribution >= 0.6 is 11.3 Å². The van der Waals surface area contributed by atoms with Crippen molar-refractivity contribution in [2.24, 2.45) is 0 Å². The first-order valence-electron chi connectivity index (χ1n) is 7.70. The molecule has 0 fully saturated rings. The highest BCUT2D eigenvalue weighted by atomic mass is 32.2. The molecule has 1 amide bonds. The van der Waals surface area contributed by atoms with Crippen molar-refractivity contribution >= 4 is 38.9 Å². The Morgan fingerprint density at radius 3 is 2.50 bits per heavy atom. The van der Waals surface area contributed by atoms with Gasteiger partial charge in [-0.2, -0.15) is 11.3 Å². The molecular formula is C17H20N2O5S2. The minimum Gasteiger partial charge on any atom is -0.449 e. The van der Waals surface area contributed by atoms with E-state index in [0.29, 0.717) is 16.8 Å². The maximum atomic E-state index is 12.3. The predicted molar refractivity (Wildman–Crippen MR) is 99.9 cm³/mol. The lowest BCUT2D eigenvalue weighted by atomic mass is 10.2. The normalized spacial score (nSPS) is 12.7. The highest BCUT2D eigenvalue weighted by Gasteiger charge is 2.22. The van der Waals surface area contributed by atoms with Crippen molar-refractivity contribution in [1.29, 1.82) is 0 Å². The van der Waals surface area contributed by atoms with E-state index >= 15 is 0 Å². The van der Waals surface area contributed by atoms with Crippen molar-refractivity contribution in [3.05, 3.63) is 46.2 Å². The number of esters is 1. The van der Waals surface area contributed by atoms with E-state index in [2.05, 4.69) is 5.32 Å². The van der Waals surface area contributed by atoms with Crippen LogP contribution in [-0.2, 0) is 19.6 Å². The summed E-state index contributed by atoms with van der Waals surface area (Å²) < 4.78 is 30.7. The molecular weight excluding hydrogens is 376 g/mol. The Balaban J connectivity index is 2.14. The van der Waals surface area contributed by atoms with E-state index in [1.165, 1.54) is 44.5 Å². The van der Waals surface area contributed by atoms with Crippen molar-refractivity contribution in [2.75, 3.05) is 19.4 Å². The molecule has 2 aromatic rings. The number of thiophene rings is 1. The standard InChI is InChI=1S/C17H20N2O5S2/c1-11-5-6-14(26(22,23)19(3)4)9-15(11)18-16(20)12(2)24-17(21)13-7-8-25-10-13/h5-10,12H,1-4H3,(H,18,20). The Morgan fingerprint density at radius 1 is 1.23 bits per heavy atom. The molecule has 1 unspecified atom stereocenters. The smallest absolute Gasteiger partial charge is 0.339 e. The maximum absolute atomic E-state index is 12.3. The summed E-state index contributed by atoms with van der Waals surface area (Å²) in [5.74, 6) is -1.13. The third-order valence-corrected chi connectivity index (χ3v) is 6.15. The SMILES string of the molecule is Cc1ccc(S(=O)(=O)N(C)C)cc1NC(=O)C(C)OC(=O)c1ccsc1. The molecule has 0 saturated heterocycles. The molecule has 140 valence electrons. The van der Waals surface area contributed by atoms with Crippen LogP contribution in [0.1, 0.15) is 22.8 Å². The van der Waals surface area contributed by atoms with Crippen LogP contribution in [0.4, 0.5) is 5.69 Å². The molecule has 0 spiro atoms. The third-order valence-electron chi connectivity index (χ3n) is 3.66. The fourth-order valence-corrected chi connectivity index (χ4v) is 3.56. The molecule has 26 heavy (non-hydrogen) atoms. The van der Waals surface area contributed by atoms with E-state index in [0.717, 1.165) is 4.31 Å². The van der Waals surface area contributed by atoms with Gasteiger partial charge in [0.15, 0.2) is 6.10 Å². The van der Waals surface area contributed by atoms with Gasteiger partial charge in [-0.3, -0.25) is 4.79 Å². The second-order valence-corrected chi connectivity index (χ2v) is 8.74. The molecule has 0 aliphatic carbocycles. The molecule has 2 rings (SSSR count). The second kappa shape index (κ2) is 7.98. The number of hydrogen-bond donors (Lipinski definition) is 1. The highest BCUT2D eigenvalue weighted by molar-refractivity contribution is 7.89. The molecule has 0 bridgehead atoms. The van der Waals surface area contributed by atoms with Crippen molar-refractivity contribution in [1.82, 2.24) is 4.31 Å². The fourth-order valence-electron chi connectivity index (χ4n) is 2.00. The number of nitrogens with zero attached hydrogens (tertiary/aromatic N) is 1. The summed E-state index contributed by atoms with van der Waals surface area (Å²) in [5.41, 5.74) is 1.41. The zero-order valence-corrected chi connectivity index (χ0v) is 16.5. The largest absolute Gasteiger partial charge is 0.449 e. The molecule has 0 aliphatic heterocycles. The first-order chi connectivity index (χ1) is 12.1. The predicted octanol–water partition coefficient (Wildman–Crippen LogP) is 2.49. The quantitative estimate of drug-likeness (QED) is 0.758. The minimum atomic E-state index is -3.62. The molecule has 1 atom stereocenters. The van der Waals surface area contributed by atoms with E-state index in [1.807, 2.05) is 0 Å². The molecule has 1 aromatic carbocycles.